The van der Waals surface area contributed by atoms with Gasteiger partial charge < -0.3 is 4.74 Å². The van der Waals surface area contributed by atoms with Crippen molar-refractivity contribution in [2.24, 2.45) is 0 Å². The van der Waals surface area contributed by atoms with Crippen molar-refractivity contribution in [3.05, 3.63) is 35.9 Å². The third-order valence-electron chi connectivity index (χ3n) is 3.82. The van der Waals surface area contributed by atoms with E-state index in [1.165, 1.54) is 0 Å². The fourth-order valence-corrected chi connectivity index (χ4v) is 2.87. The largest absolute Gasteiger partial charge is 0.461 e. The molecule has 1 aromatic carbocycles. The van der Waals surface area contributed by atoms with Gasteiger partial charge in [0.25, 0.3) is 10.1 Å². The lowest BCUT2D eigenvalue weighted by atomic mass is 10.1. The first-order valence-electron chi connectivity index (χ1n) is 9.01. The van der Waals surface area contributed by atoms with Gasteiger partial charge in [-0.2, -0.15) is 8.42 Å². The highest BCUT2D eigenvalue weighted by molar-refractivity contribution is 7.85. The molecule has 6 heteroatoms. The SMILES string of the molecule is CS(=O)(=O)OCCCCCCCCCCC(=O)OCc1ccccc1. The highest BCUT2D eigenvalue weighted by atomic mass is 32.2. The van der Waals surface area contributed by atoms with Crippen molar-refractivity contribution in [3.8, 4) is 0 Å². The molecule has 0 amide bonds. The Morgan fingerprint density at radius 1 is 0.880 bits per heavy atom. The number of hydrogen-bond donors (Lipinski definition) is 0. The van der Waals surface area contributed by atoms with Crippen LogP contribution in [0.5, 0.6) is 0 Å². The minimum atomic E-state index is -3.30. The Labute approximate surface area is 151 Å². The molecular weight excluding hydrogens is 340 g/mol. The zero-order chi connectivity index (χ0) is 18.4. The van der Waals surface area contributed by atoms with E-state index < -0.39 is 10.1 Å². The van der Waals surface area contributed by atoms with Gasteiger partial charge in [0.1, 0.15) is 6.61 Å². The second-order valence-electron chi connectivity index (χ2n) is 6.25. The van der Waals surface area contributed by atoms with Crippen molar-refractivity contribution in [2.75, 3.05) is 12.9 Å². The van der Waals surface area contributed by atoms with Crippen molar-refractivity contribution >= 4 is 16.1 Å². The molecule has 0 aliphatic carbocycles. The first kappa shape index (κ1) is 21.6. The van der Waals surface area contributed by atoms with Crippen LogP contribution in [-0.4, -0.2) is 27.2 Å². The van der Waals surface area contributed by atoms with Gasteiger partial charge in [0.2, 0.25) is 0 Å². The molecule has 25 heavy (non-hydrogen) atoms. The Morgan fingerprint density at radius 3 is 2.04 bits per heavy atom. The van der Waals surface area contributed by atoms with Crippen LogP contribution in [0.3, 0.4) is 0 Å². The van der Waals surface area contributed by atoms with Crippen LogP contribution in [0, 0.1) is 0 Å². The van der Waals surface area contributed by atoms with Gasteiger partial charge in [-0.15, -0.1) is 0 Å². The fraction of sp³-hybridized carbons (Fsp3) is 0.632. The zero-order valence-electron chi connectivity index (χ0n) is 15.1. The lowest BCUT2D eigenvalue weighted by Crippen LogP contribution is -2.04. The molecule has 0 N–H and O–H groups in total. The number of carbonyl (C=O) groups excluding carboxylic acids is 1. The molecule has 0 aromatic heterocycles. The minimum Gasteiger partial charge on any atom is -0.461 e. The molecule has 142 valence electrons. The van der Waals surface area contributed by atoms with E-state index in [4.69, 9.17) is 4.74 Å². The highest BCUT2D eigenvalue weighted by Crippen LogP contribution is 2.11. The van der Waals surface area contributed by atoms with Crippen LogP contribution in [0.25, 0.3) is 0 Å². The summed E-state index contributed by atoms with van der Waals surface area (Å²) in [6.07, 6.45) is 9.72. The van der Waals surface area contributed by atoms with Gasteiger partial charge in [0.05, 0.1) is 12.9 Å². The van der Waals surface area contributed by atoms with Gasteiger partial charge in [-0.3, -0.25) is 8.98 Å². The summed E-state index contributed by atoms with van der Waals surface area (Å²) in [5, 5.41) is 0. The van der Waals surface area contributed by atoms with E-state index in [2.05, 4.69) is 4.18 Å². The predicted octanol–water partition coefficient (Wildman–Crippen LogP) is 4.22. The second kappa shape index (κ2) is 12.9. The molecule has 1 rings (SSSR count). The van der Waals surface area contributed by atoms with E-state index in [0.29, 0.717) is 13.0 Å². The normalized spacial score (nSPS) is 11.4. The molecule has 1 aromatic rings. The van der Waals surface area contributed by atoms with Gasteiger partial charge >= 0.3 is 5.97 Å². The lowest BCUT2D eigenvalue weighted by molar-refractivity contribution is -0.145. The average molecular weight is 371 g/mol. The molecule has 0 spiro atoms. The number of unbranched alkanes of at least 4 members (excludes halogenated alkanes) is 7. The van der Waals surface area contributed by atoms with Crippen molar-refractivity contribution in [3.63, 3.8) is 0 Å². The number of ether oxygens (including phenoxy) is 1. The second-order valence-corrected chi connectivity index (χ2v) is 7.89. The van der Waals surface area contributed by atoms with E-state index in [1.54, 1.807) is 0 Å². The third-order valence-corrected chi connectivity index (χ3v) is 4.41. The number of carbonyl (C=O) groups is 1. The van der Waals surface area contributed by atoms with Gasteiger partial charge in [0.15, 0.2) is 0 Å². The van der Waals surface area contributed by atoms with Gasteiger partial charge in [-0.25, -0.2) is 0 Å². The summed E-state index contributed by atoms with van der Waals surface area (Å²) < 4.78 is 31.5. The molecule has 0 unspecified atom stereocenters. The Bertz CT molecular complexity index is 569. The molecule has 0 fully saturated rings. The first-order chi connectivity index (χ1) is 12.0. The molecule has 0 bridgehead atoms. The van der Waals surface area contributed by atoms with Crippen LogP contribution in [-0.2, 0) is 30.4 Å². The van der Waals surface area contributed by atoms with E-state index in [-0.39, 0.29) is 12.6 Å². The molecule has 0 saturated heterocycles. The van der Waals surface area contributed by atoms with Gasteiger partial charge in [-0.05, 0) is 18.4 Å². The summed E-state index contributed by atoms with van der Waals surface area (Å²) in [4.78, 5) is 11.6. The van der Waals surface area contributed by atoms with Crippen LogP contribution in [0.4, 0.5) is 0 Å². The number of hydrogen-bond acceptors (Lipinski definition) is 5. The molecule has 0 radical (unpaired) electrons. The monoisotopic (exact) mass is 370 g/mol. The average Bonchev–Trinajstić information content (AvgIpc) is 2.58. The van der Waals surface area contributed by atoms with Crippen LogP contribution >= 0.6 is 0 Å². The van der Waals surface area contributed by atoms with Crippen LogP contribution < -0.4 is 0 Å². The Morgan fingerprint density at radius 2 is 1.44 bits per heavy atom. The van der Waals surface area contributed by atoms with E-state index in [1.807, 2.05) is 30.3 Å². The molecule has 0 saturated carbocycles. The van der Waals surface area contributed by atoms with E-state index in [9.17, 15) is 13.2 Å². The van der Waals surface area contributed by atoms with Crippen LogP contribution in [0.15, 0.2) is 30.3 Å². The summed E-state index contributed by atoms with van der Waals surface area (Å²) in [7, 11) is -3.30. The number of esters is 1. The third kappa shape index (κ3) is 13.6. The summed E-state index contributed by atoms with van der Waals surface area (Å²) in [6, 6.07) is 9.69. The van der Waals surface area contributed by atoms with Gasteiger partial charge in [0, 0.05) is 6.42 Å². The Balaban J connectivity index is 1.86. The first-order valence-corrected chi connectivity index (χ1v) is 10.8. The van der Waals surface area contributed by atoms with Gasteiger partial charge in [-0.1, -0.05) is 68.9 Å². The summed E-state index contributed by atoms with van der Waals surface area (Å²) in [5.41, 5.74) is 1.01. The molecule has 0 aliphatic heterocycles. The smallest absolute Gasteiger partial charge is 0.306 e. The minimum absolute atomic E-state index is 0.130. The highest BCUT2D eigenvalue weighted by Gasteiger charge is 2.03. The lowest BCUT2D eigenvalue weighted by Gasteiger charge is -2.05. The van der Waals surface area contributed by atoms with Crippen LogP contribution in [0.1, 0.15) is 63.4 Å². The Hall–Kier alpha value is -1.40. The summed E-state index contributed by atoms with van der Waals surface area (Å²) >= 11 is 0. The van der Waals surface area contributed by atoms with Crippen molar-refractivity contribution in [1.82, 2.24) is 0 Å². The molecule has 0 atom stereocenters. The number of rotatable bonds is 14. The number of benzene rings is 1. The standard InChI is InChI=1S/C19H30O5S/c1-25(21,22)24-16-12-7-5-3-2-4-6-11-15-19(20)23-17-18-13-9-8-10-14-18/h8-10,13-14H,2-7,11-12,15-17H2,1H3. The van der Waals surface area contributed by atoms with Crippen molar-refractivity contribution in [2.45, 2.75) is 64.4 Å². The maximum Gasteiger partial charge on any atom is 0.306 e. The maximum absolute atomic E-state index is 11.6. The molecule has 0 aliphatic rings. The van der Waals surface area contributed by atoms with Crippen LogP contribution in [0.2, 0.25) is 0 Å². The summed E-state index contributed by atoms with van der Waals surface area (Å²) in [5.74, 6) is -0.130. The van der Waals surface area contributed by atoms with E-state index in [0.717, 1.165) is 63.2 Å². The molecule has 5 nitrogen and oxygen atoms in total. The Kier molecular flexibility index (Phi) is 11.2. The molecule has 0 heterocycles. The van der Waals surface area contributed by atoms with Crippen molar-refractivity contribution < 1.29 is 22.1 Å². The fourth-order valence-electron chi connectivity index (χ4n) is 2.45. The topological polar surface area (TPSA) is 69.7 Å². The van der Waals surface area contributed by atoms with Crippen molar-refractivity contribution in [1.29, 1.82) is 0 Å². The quantitative estimate of drug-likeness (QED) is 0.279. The van der Waals surface area contributed by atoms with E-state index >= 15 is 0 Å². The zero-order valence-corrected chi connectivity index (χ0v) is 15.9. The molecular formula is C19H30O5S. The summed E-state index contributed by atoms with van der Waals surface area (Å²) in [6.45, 7) is 0.632. The maximum atomic E-state index is 11.6. The predicted molar refractivity (Wildman–Crippen MR) is 98.6 cm³/mol.